The number of esters is 1. The number of nitrogens with zero attached hydrogens (tertiary/aromatic N) is 1. The first-order valence-corrected chi connectivity index (χ1v) is 10.3. The van der Waals surface area contributed by atoms with Crippen LogP contribution in [0.1, 0.15) is 33.6 Å². The standard InChI is InChI=1S/C17H29NO8S/c1-7-8-17(9-10-19)12(26-27(6,22)23)11-18(13(17)14(20)24-5)15(21)25-16(2,3)4/h7,12-13,19H,1,8-11H2,2-6H3/t12-,13-,17+/m1/s1. The Bertz CT molecular complexity index is 669. The van der Waals surface area contributed by atoms with Crippen LogP contribution in [-0.2, 0) is 28.6 Å². The molecule has 1 amide bonds. The van der Waals surface area contributed by atoms with E-state index in [1.165, 1.54) is 6.08 Å². The van der Waals surface area contributed by atoms with E-state index in [-0.39, 0.29) is 26.0 Å². The number of aliphatic hydroxyl groups is 1. The monoisotopic (exact) mass is 407 g/mol. The van der Waals surface area contributed by atoms with Crippen molar-refractivity contribution in [2.24, 2.45) is 5.41 Å². The zero-order valence-electron chi connectivity index (χ0n) is 16.4. The minimum Gasteiger partial charge on any atom is -0.467 e. The Kier molecular flexibility index (Phi) is 7.43. The van der Waals surface area contributed by atoms with Crippen molar-refractivity contribution in [1.29, 1.82) is 0 Å². The fraction of sp³-hybridized carbons (Fsp3) is 0.765. The van der Waals surface area contributed by atoms with Gasteiger partial charge < -0.3 is 14.6 Å². The molecule has 1 aliphatic heterocycles. The molecule has 0 aromatic heterocycles. The molecule has 0 unspecified atom stereocenters. The van der Waals surface area contributed by atoms with Crippen LogP contribution in [-0.4, -0.2) is 74.8 Å². The summed E-state index contributed by atoms with van der Waals surface area (Å²) in [6, 6.07) is -1.20. The summed E-state index contributed by atoms with van der Waals surface area (Å²) in [6.07, 6.45) is 0.611. The van der Waals surface area contributed by atoms with E-state index < -0.39 is 45.3 Å². The van der Waals surface area contributed by atoms with Crippen LogP contribution in [0.15, 0.2) is 12.7 Å². The molecule has 0 aromatic carbocycles. The van der Waals surface area contributed by atoms with Crippen molar-refractivity contribution in [3.05, 3.63) is 12.7 Å². The van der Waals surface area contributed by atoms with E-state index >= 15 is 0 Å². The molecule has 0 aliphatic carbocycles. The SMILES string of the molecule is C=CC[C@]1(CCO)[C@H](OS(C)(=O)=O)CN(C(=O)OC(C)(C)C)[C@@H]1C(=O)OC. The maximum Gasteiger partial charge on any atom is 0.411 e. The summed E-state index contributed by atoms with van der Waals surface area (Å²) in [5.41, 5.74) is -2.06. The maximum absolute atomic E-state index is 12.7. The second-order valence-corrected chi connectivity index (χ2v) is 9.15. The Balaban J connectivity index is 3.50. The summed E-state index contributed by atoms with van der Waals surface area (Å²) in [5.74, 6) is -0.754. The van der Waals surface area contributed by atoms with Gasteiger partial charge in [-0.3, -0.25) is 9.08 Å². The third-order valence-corrected chi connectivity index (χ3v) is 4.89. The van der Waals surface area contributed by atoms with Gasteiger partial charge in [0.05, 0.1) is 19.9 Å². The van der Waals surface area contributed by atoms with Crippen molar-refractivity contribution in [2.75, 3.05) is 26.5 Å². The highest BCUT2D eigenvalue weighted by atomic mass is 32.2. The fourth-order valence-corrected chi connectivity index (χ4v) is 4.06. The third kappa shape index (κ3) is 5.66. The molecule has 27 heavy (non-hydrogen) atoms. The number of hydrogen-bond acceptors (Lipinski definition) is 8. The number of amides is 1. The van der Waals surface area contributed by atoms with Gasteiger partial charge in [0.2, 0.25) is 0 Å². The van der Waals surface area contributed by atoms with E-state index in [0.29, 0.717) is 0 Å². The van der Waals surface area contributed by atoms with Crippen molar-refractivity contribution in [3.63, 3.8) is 0 Å². The zero-order chi connectivity index (χ0) is 21.0. The number of ether oxygens (including phenoxy) is 2. The summed E-state index contributed by atoms with van der Waals surface area (Å²) in [7, 11) is -2.74. The van der Waals surface area contributed by atoms with Gasteiger partial charge in [-0.2, -0.15) is 8.42 Å². The highest BCUT2D eigenvalue weighted by Crippen LogP contribution is 2.46. The largest absolute Gasteiger partial charge is 0.467 e. The van der Waals surface area contributed by atoms with Crippen molar-refractivity contribution in [3.8, 4) is 0 Å². The summed E-state index contributed by atoms with van der Waals surface area (Å²) in [6.45, 7) is 8.10. The average molecular weight is 407 g/mol. The molecule has 1 fully saturated rings. The van der Waals surface area contributed by atoms with Crippen LogP contribution in [0.3, 0.4) is 0 Å². The quantitative estimate of drug-likeness (QED) is 0.378. The summed E-state index contributed by atoms with van der Waals surface area (Å²) < 4.78 is 39.0. The van der Waals surface area contributed by atoms with Crippen LogP contribution < -0.4 is 0 Å². The topological polar surface area (TPSA) is 119 Å². The van der Waals surface area contributed by atoms with E-state index in [0.717, 1.165) is 18.3 Å². The molecule has 0 saturated carbocycles. The molecular weight excluding hydrogens is 378 g/mol. The maximum atomic E-state index is 12.7. The molecule has 1 rings (SSSR count). The number of methoxy groups -OCH3 is 1. The molecule has 0 aromatic rings. The van der Waals surface area contributed by atoms with E-state index in [1.807, 2.05) is 0 Å². The molecule has 156 valence electrons. The Morgan fingerprint density at radius 1 is 1.37 bits per heavy atom. The Labute approximate surface area is 160 Å². The smallest absolute Gasteiger partial charge is 0.411 e. The average Bonchev–Trinajstić information content (AvgIpc) is 2.78. The first-order valence-electron chi connectivity index (χ1n) is 8.48. The van der Waals surface area contributed by atoms with Crippen LogP contribution >= 0.6 is 0 Å². The van der Waals surface area contributed by atoms with Gasteiger partial charge in [-0.1, -0.05) is 6.08 Å². The van der Waals surface area contributed by atoms with Crippen molar-refractivity contribution < 1.29 is 36.8 Å². The highest BCUT2D eigenvalue weighted by molar-refractivity contribution is 7.86. The summed E-state index contributed by atoms with van der Waals surface area (Å²) >= 11 is 0. The van der Waals surface area contributed by atoms with E-state index in [1.54, 1.807) is 20.8 Å². The molecule has 0 radical (unpaired) electrons. The predicted molar refractivity (Wildman–Crippen MR) is 97.4 cm³/mol. The number of aliphatic hydroxyl groups excluding tert-OH is 1. The first kappa shape index (κ1) is 23.4. The third-order valence-electron chi connectivity index (χ3n) is 4.31. The van der Waals surface area contributed by atoms with Gasteiger partial charge in [0.15, 0.2) is 0 Å². The molecule has 1 N–H and O–H groups in total. The van der Waals surface area contributed by atoms with Gasteiger partial charge in [0.1, 0.15) is 17.7 Å². The van der Waals surface area contributed by atoms with Crippen LogP contribution in [0, 0.1) is 5.41 Å². The second-order valence-electron chi connectivity index (χ2n) is 7.55. The molecule has 9 nitrogen and oxygen atoms in total. The number of hydrogen-bond donors (Lipinski definition) is 1. The zero-order valence-corrected chi connectivity index (χ0v) is 17.2. The van der Waals surface area contributed by atoms with Gasteiger partial charge in [-0.05, 0) is 33.6 Å². The van der Waals surface area contributed by atoms with Crippen LogP contribution in [0.2, 0.25) is 0 Å². The van der Waals surface area contributed by atoms with E-state index in [9.17, 15) is 23.1 Å². The number of carbonyl (C=O) groups excluding carboxylic acids is 2. The predicted octanol–water partition coefficient (Wildman–Crippen LogP) is 1.07. The number of likely N-dealkylation sites (tertiary alicyclic amines) is 1. The lowest BCUT2D eigenvalue weighted by Gasteiger charge is -2.37. The molecule has 0 spiro atoms. The molecule has 3 atom stereocenters. The lowest BCUT2D eigenvalue weighted by Crippen LogP contribution is -2.51. The van der Waals surface area contributed by atoms with Gasteiger partial charge in [-0.25, -0.2) is 9.59 Å². The number of allylic oxidation sites excluding steroid dienone is 1. The summed E-state index contributed by atoms with van der Waals surface area (Å²) in [4.78, 5) is 26.4. The van der Waals surface area contributed by atoms with Gasteiger partial charge in [-0.15, -0.1) is 6.58 Å². The first-order chi connectivity index (χ1) is 12.3. The minimum absolute atomic E-state index is 0.00172. The molecule has 10 heteroatoms. The van der Waals surface area contributed by atoms with Crippen molar-refractivity contribution in [2.45, 2.75) is 51.4 Å². The molecule has 1 aliphatic rings. The van der Waals surface area contributed by atoms with Crippen molar-refractivity contribution in [1.82, 2.24) is 4.90 Å². The van der Waals surface area contributed by atoms with E-state index in [4.69, 9.17) is 13.7 Å². The van der Waals surface area contributed by atoms with Crippen molar-refractivity contribution >= 4 is 22.2 Å². The normalized spacial score (nSPS) is 25.9. The van der Waals surface area contributed by atoms with Gasteiger partial charge >= 0.3 is 12.1 Å². The molecular formula is C17H29NO8S. The molecule has 0 bridgehead atoms. The van der Waals surface area contributed by atoms with E-state index in [2.05, 4.69) is 6.58 Å². The Morgan fingerprint density at radius 2 is 1.96 bits per heavy atom. The van der Waals surface area contributed by atoms with Crippen LogP contribution in [0.4, 0.5) is 4.79 Å². The number of carbonyl (C=O) groups is 2. The van der Waals surface area contributed by atoms with Crippen LogP contribution in [0.5, 0.6) is 0 Å². The number of rotatable bonds is 7. The lowest BCUT2D eigenvalue weighted by atomic mass is 9.73. The highest BCUT2D eigenvalue weighted by Gasteiger charge is 2.60. The Morgan fingerprint density at radius 3 is 2.37 bits per heavy atom. The van der Waals surface area contributed by atoms with Crippen LogP contribution in [0.25, 0.3) is 0 Å². The van der Waals surface area contributed by atoms with Gasteiger partial charge in [0, 0.05) is 12.0 Å². The lowest BCUT2D eigenvalue weighted by molar-refractivity contribution is -0.150. The molecule has 1 heterocycles. The fourth-order valence-electron chi connectivity index (χ4n) is 3.38. The second kappa shape index (κ2) is 8.57. The Hall–Kier alpha value is -1.65. The summed E-state index contributed by atoms with van der Waals surface area (Å²) in [5, 5.41) is 9.59. The van der Waals surface area contributed by atoms with Gasteiger partial charge in [0.25, 0.3) is 10.1 Å². The minimum atomic E-state index is -3.90. The molecule has 1 saturated heterocycles.